The number of carbonyl (C=O) groups is 2. The first kappa shape index (κ1) is 24.9. The number of anilines is 2. The van der Waals surface area contributed by atoms with Crippen molar-refractivity contribution in [2.75, 3.05) is 37.5 Å². The summed E-state index contributed by atoms with van der Waals surface area (Å²) in [5, 5.41) is 15.3. The summed E-state index contributed by atoms with van der Waals surface area (Å²) in [6, 6.07) is 9.57. The highest BCUT2D eigenvalue weighted by atomic mass is 16.6. The molecule has 35 heavy (non-hydrogen) atoms. The molecule has 10 nitrogen and oxygen atoms in total. The molecule has 2 fully saturated rings. The maximum atomic E-state index is 12.5. The van der Waals surface area contributed by atoms with Gasteiger partial charge in [0.2, 0.25) is 11.9 Å². The van der Waals surface area contributed by atoms with Crippen molar-refractivity contribution in [1.29, 1.82) is 0 Å². The van der Waals surface area contributed by atoms with Crippen LogP contribution in [0.2, 0.25) is 0 Å². The summed E-state index contributed by atoms with van der Waals surface area (Å²) in [4.78, 5) is 34.6. The average Bonchev–Trinajstić information content (AvgIpc) is 3.36. The summed E-state index contributed by atoms with van der Waals surface area (Å²) < 4.78 is 11.9. The molecular weight excluding hydrogens is 450 g/mol. The van der Waals surface area contributed by atoms with Gasteiger partial charge in [-0.15, -0.1) is 0 Å². The lowest BCUT2D eigenvalue weighted by Gasteiger charge is -2.24. The van der Waals surface area contributed by atoms with E-state index in [9.17, 15) is 9.59 Å². The fourth-order valence-corrected chi connectivity index (χ4v) is 4.60. The van der Waals surface area contributed by atoms with Crippen molar-refractivity contribution in [3.63, 3.8) is 0 Å². The van der Waals surface area contributed by atoms with Gasteiger partial charge in [-0.05, 0) is 23.6 Å². The number of nitrogens with one attached hydrogen (secondary N) is 2. The average molecular weight is 484 g/mol. The van der Waals surface area contributed by atoms with Crippen molar-refractivity contribution in [2.45, 2.75) is 51.0 Å². The number of carboxylic acids is 1. The molecular formula is C25H33N5O5. The normalized spacial score (nSPS) is 23.5. The lowest BCUT2D eigenvalue weighted by Crippen LogP contribution is -2.45. The third-order valence-electron chi connectivity index (χ3n) is 6.32. The van der Waals surface area contributed by atoms with Gasteiger partial charge in [-0.3, -0.25) is 9.59 Å². The van der Waals surface area contributed by atoms with E-state index in [-0.39, 0.29) is 43.0 Å². The van der Waals surface area contributed by atoms with E-state index in [1.54, 1.807) is 20.0 Å². The summed E-state index contributed by atoms with van der Waals surface area (Å²) in [5.41, 5.74) is 2.28. The van der Waals surface area contributed by atoms with Crippen molar-refractivity contribution < 1.29 is 24.2 Å². The number of amides is 1. The van der Waals surface area contributed by atoms with E-state index in [0.717, 1.165) is 16.9 Å². The molecule has 4 rings (SSSR count). The number of benzene rings is 1. The molecule has 0 unspecified atom stereocenters. The molecule has 0 radical (unpaired) electrons. The number of ether oxygens (including phenoxy) is 2. The Balaban J connectivity index is 1.35. The highest BCUT2D eigenvalue weighted by molar-refractivity contribution is 5.78. The second kappa shape index (κ2) is 10.2. The zero-order chi connectivity index (χ0) is 25.2. The van der Waals surface area contributed by atoms with Crippen LogP contribution in [0.25, 0.3) is 11.3 Å². The topological polar surface area (TPSA) is 126 Å². The van der Waals surface area contributed by atoms with Crippen LogP contribution < -0.4 is 15.5 Å². The number of hydrogen-bond donors (Lipinski definition) is 3. The van der Waals surface area contributed by atoms with Gasteiger partial charge in [-0.2, -0.15) is 0 Å². The summed E-state index contributed by atoms with van der Waals surface area (Å²) in [5.74, 6) is -0.640. The molecule has 4 atom stereocenters. The molecule has 2 aromatic rings. The Labute approximate surface area is 205 Å². The quantitative estimate of drug-likeness (QED) is 0.492. The molecule has 188 valence electrons. The summed E-state index contributed by atoms with van der Waals surface area (Å²) >= 11 is 0. The predicted molar refractivity (Wildman–Crippen MR) is 131 cm³/mol. The maximum Gasteiger partial charge on any atom is 0.303 e. The van der Waals surface area contributed by atoms with Crippen molar-refractivity contribution in [2.24, 2.45) is 5.41 Å². The minimum atomic E-state index is -0.919. The molecule has 1 aromatic carbocycles. The van der Waals surface area contributed by atoms with Gasteiger partial charge >= 0.3 is 5.97 Å². The molecule has 1 amide bonds. The highest BCUT2D eigenvalue weighted by Gasteiger charge is 2.48. The molecule has 2 aliphatic heterocycles. The van der Waals surface area contributed by atoms with Gasteiger partial charge in [0.05, 0.1) is 37.4 Å². The van der Waals surface area contributed by atoms with Crippen molar-refractivity contribution in [3.05, 3.63) is 36.5 Å². The molecule has 0 spiro atoms. The van der Waals surface area contributed by atoms with Gasteiger partial charge in [-0.25, -0.2) is 9.97 Å². The molecule has 3 N–H and O–H groups in total. The molecule has 1 aromatic heterocycles. The largest absolute Gasteiger partial charge is 0.481 e. The highest BCUT2D eigenvalue weighted by Crippen LogP contribution is 2.30. The maximum absolute atomic E-state index is 12.5. The fraction of sp³-hybridized carbons (Fsp3) is 0.520. The van der Waals surface area contributed by atoms with Gasteiger partial charge in [0.25, 0.3) is 0 Å². The molecule has 0 saturated carbocycles. The van der Waals surface area contributed by atoms with Crippen LogP contribution in [-0.4, -0.2) is 78.6 Å². The summed E-state index contributed by atoms with van der Waals surface area (Å²) in [6.45, 7) is 4.27. The monoisotopic (exact) mass is 483 g/mol. The number of carbonyl (C=O) groups excluding carboxylic acids is 1. The lowest BCUT2D eigenvalue weighted by molar-refractivity contribution is -0.139. The number of fused-ring (bicyclic) bond motifs is 1. The molecule has 0 bridgehead atoms. The second-order valence-electron chi connectivity index (χ2n) is 10.1. The summed E-state index contributed by atoms with van der Waals surface area (Å²) in [6.07, 6.45) is 1.22. The van der Waals surface area contributed by atoms with E-state index in [1.807, 2.05) is 49.3 Å². The Morgan fingerprint density at radius 3 is 2.37 bits per heavy atom. The Hall–Kier alpha value is -3.24. The number of carboxylic acid groups (broad SMARTS) is 1. The molecule has 3 heterocycles. The summed E-state index contributed by atoms with van der Waals surface area (Å²) in [7, 11) is 4.00. The van der Waals surface area contributed by atoms with Gasteiger partial charge in [-0.1, -0.05) is 26.0 Å². The Morgan fingerprint density at radius 1 is 1.06 bits per heavy atom. The molecule has 2 aliphatic rings. The number of aliphatic carboxylic acids is 1. The van der Waals surface area contributed by atoms with Crippen LogP contribution >= 0.6 is 0 Å². The first-order valence-electron chi connectivity index (χ1n) is 11.7. The van der Waals surface area contributed by atoms with E-state index in [1.165, 1.54) is 0 Å². The Morgan fingerprint density at radius 2 is 1.71 bits per heavy atom. The number of rotatable bonds is 9. The molecule has 0 aliphatic carbocycles. The first-order valence-corrected chi connectivity index (χ1v) is 11.7. The van der Waals surface area contributed by atoms with Gasteiger partial charge in [0, 0.05) is 38.0 Å². The predicted octanol–water partition coefficient (Wildman–Crippen LogP) is 2.16. The van der Waals surface area contributed by atoms with Crippen LogP contribution in [0.1, 0.15) is 26.7 Å². The minimum Gasteiger partial charge on any atom is -0.481 e. The lowest BCUT2D eigenvalue weighted by atomic mass is 9.85. The van der Waals surface area contributed by atoms with E-state index in [4.69, 9.17) is 14.6 Å². The van der Waals surface area contributed by atoms with Crippen LogP contribution in [0.4, 0.5) is 11.6 Å². The van der Waals surface area contributed by atoms with Gasteiger partial charge in [0.15, 0.2) is 0 Å². The van der Waals surface area contributed by atoms with E-state index in [0.29, 0.717) is 19.2 Å². The van der Waals surface area contributed by atoms with Crippen LogP contribution in [0.15, 0.2) is 36.5 Å². The number of nitrogens with zero attached hydrogens (tertiary/aromatic N) is 3. The number of aromatic nitrogens is 2. The van der Waals surface area contributed by atoms with Gasteiger partial charge in [0.1, 0.15) is 12.2 Å². The Kier molecular flexibility index (Phi) is 7.23. The van der Waals surface area contributed by atoms with E-state index < -0.39 is 11.4 Å². The van der Waals surface area contributed by atoms with Crippen LogP contribution in [-0.2, 0) is 19.1 Å². The van der Waals surface area contributed by atoms with Crippen molar-refractivity contribution in [3.8, 4) is 11.3 Å². The smallest absolute Gasteiger partial charge is 0.303 e. The standard InChI is InChI=1S/C25H33N5O5/c1-25(2,12-21(32)33)11-20(31)27-18-13-34-23-19(14-35-22(18)23)29-24-26-10-9-17(28-24)15-5-7-16(8-6-15)30(3)4/h5-10,18-19,22-23H,11-14H2,1-4H3,(H,27,31)(H,32,33)(H,26,28,29)/t18-,19-,22+,23+/m0/s1. The third-order valence-corrected chi connectivity index (χ3v) is 6.32. The van der Waals surface area contributed by atoms with Gasteiger partial charge < -0.3 is 30.1 Å². The first-order chi connectivity index (χ1) is 16.6. The van der Waals surface area contributed by atoms with Crippen molar-refractivity contribution in [1.82, 2.24) is 15.3 Å². The SMILES string of the molecule is CN(C)c1ccc(-c2ccnc(N[C@H]3CO[C@H]4[C@@H]3OC[C@@H]4NC(=O)CC(C)(C)CC(=O)O)n2)cc1. The van der Waals surface area contributed by atoms with E-state index in [2.05, 4.69) is 20.6 Å². The second-order valence-corrected chi connectivity index (χ2v) is 10.1. The molecule has 10 heteroatoms. The van der Waals surface area contributed by atoms with Crippen LogP contribution in [0.5, 0.6) is 0 Å². The minimum absolute atomic E-state index is 0.0744. The van der Waals surface area contributed by atoms with E-state index >= 15 is 0 Å². The molecule has 2 saturated heterocycles. The Bertz CT molecular complexity index is 1060. The number of hydrogen-bond acceptors (Lipinski definition) is 8. The van der Waals surface area contributed by atoms with Crippen LogP contribution in [0, 0.1) is 5.41 Å². The third kappa shape index (κ3) is 6.07. The van der Waals surface area contributed by atoms with Crippen molar-refractivity contribution >= 4 is 23.5 Å². The zero-order valence-electron chi connectivity index (χ0n) is 20.5. The van der Waals surface area contributed by atoms with Crippen LogP contribution in [0.3, 0.4) is 0 Å². The zero-order valence-corrected chi connectivity index (χ0v) is 20.5. The fourth-order valence-electron chi connectivity index (χ4n) is 4.60.